The minimum atomic E-state index is -0.0779. The first-order valence-electron chi connectivity index (χ1n) is 9.62. The molecule has 0 spiro atoms. The van der Waals surface area contributed by atoms with Crippen LogP contribution < -0.4 is 0 Å². The molecular weight excluding hydrogens is 364 g/mol. The van der Waals surface area contributed by atoms with Crippen LogP contribution in [0.1, 0.15) is 89.5 Å². The molecule has 0 atom stereocenters. The van der Waals surface area contributed by atoms with E-state index in [9.17, 15) is 4.79 Å². The number of hydrogen-bond acceptors (Lipinski definition) is 2. The Morgan fingerprint density at radius 1 is 0.917 bits per heavy atom. The normalized spacial score (nSPS) is 10.8. The van der Waals surface area contributed by atoms with Gasteiger partial charge in [-0.15, -0.1) is 0 Å². The zero-order valence-electron chi connectivity index (χ0n) is 15.2. The topological polar surface area (TPSA) is 26.3 Å². The van der Waals surface area contributed by atoms with E-state index < -0.39 is 0 Å². The molecule has 1 rings (SSSR count). The van der Waals surface area contributed by atoms with Crippen molar-refractivity contribution in [3.63, 3.8) is 0 Å². The summed E-state index contributed by atoms with van der Waals surface area (Å²) in [5.74, 6) is -0.0779. The monoisotopic (exact) mass is 396 g/mol. The summed E-state index contributed by atoms with van der Waals surface area (Å²) in [7, 11) is 0. The molecule has 0 aliphatic rings. The zero-order chi connectivity index (χ0) is 17.5. The lowest BCUT2D eigenvalue weighted by molar-refractivity contribution is -0.145. The van der Waals surface area contributed by atoms with Crippen molar-refractivity contribution in [2.75, 3.05) is 0 Å². The van der Waals surface area contributed by atoms with Crippen LogP contribution in [0.5, 0.6) is 0 Å². The van der Waals surface area contributed by atoms with Crippen LogP contribution in [-0.4, -0.2) is 5.97 Å². The Labute approximate surface area is 156 Å². The summed E-state index contributed by atoms with van der Waals surface area (Å²) in [5, 5.41) is 0. The van der Waals surface area contributed by atoms with Gasteiger partial charge in [0.25, 0.3) is 0 Å². The van der Waals surface area contributed by atoms with Crippen molar-refractivity contribution < 1.29 is 9.53 Å². The second-order valence-electron chi connectivity index (χ2n) is 6.58. The zero-order valence-corrected chi connectivity index (χ0v) is 16.8. The van der Waals surface area contributed by atoms with Gasteiger partial charge in [-0.1, -0.05) is 99.2 Å². The molecule has 0 unspecified atom stereocenters. The fraction of sp³-hybridized carbons (Fsp3) is 0.667. The second-order valence-corrected chi connectivity index (χ2v) is 7.49. The van der Waals surface area contributed by atoms with E-state index in [0.717, 1.165) is 22.9 Å². The molecule has 0 aromatic heterocycles. The van der Waals surface area contributed by atoms with Crippen molar-refractivity contribution in [1.82, 2.24) is 0 Å². The average molecular weight is 397 g/mol. The van der Waals surface area contributed by atoms with Gasteiger partial charge < -0.3 is 4.74 Å². The van der Waals surface area contributed by atoms with Crippen LogP contribution in [0, 0.1) is 0 Å². The third-order valence-corrected chi connectivity index (χ3v) is 4.77. The molecule has 0 fully saturated rings. The molecule has 2 nitrogen and oxygen atoms in total. The van der Waals surface area contributed by atoms with Gasteiger partial charge in [0.15, 0.2) is 0 Å². The van der Waals surface area contributed by atoms with Gasteiger partial charge in [0, 0.05) is 10.9 Å². The van der Waals surface area contributed by atoms with E-state index in [2.05, 4.69) is 22.9 Å². The van der Waals surface area contributed by atoms with E-state index in [0.29, 0.717) is 13.0 Å². The predicted molar refractivity (Wildman–Crippen MR) is 105 cm³/mol. The highest BCUT2D eigenvalue weighted by Crippen LogP contribution is 2.14. The van der Waals surface area contributed by atoms with Crippen LogP contribution in [0.4, 0.5) is 0 Å². The van der Waals surface area contributed by atoms with Gasteiger partial charge in [0.1, 0.15) is 6.61 Å². The van der Waals surface area contributed by atoms with Crippen molar-refractivity contribution in [3.05, 3.63) is 34.3 Å². The first kappa shape index (κ1) is 21.2. The summed E-state index contributed by atoms with van der Waals surface area (Å²) in [6.45, 7) is 2.63. The Hall–Kier alpha value is -0.830. The van der Waals surface area contributed by atoms with Crippen LogP contribution in [-0.2, 0) is 16.1 Å². The molecular formula is C21H33BrO2. The first-order chi connectivity index (χ1) is 11.7. The molecule has 0 heterocycles. The lowest BCUT2D eigenvalue weighted by Gasteiger charge is -2.06. The summed E-state index contributed by atoms with van der Waals surface area (Å²) < 4.78 is 6.33. The molecule has 24 heavy (non-hydrogen) atoms. The van der Waals surface area contributed by atoms with Gasteiger partial charge in [0.2, 0.25) is 0 Å². The standard InChI is InChI=1S/C21H33BrO2/c1-2-3-4-5-6-7-8-9-10-11-12-16-21(23)24-18-19-14-13-15-20(22)17-19/h13-15,17H,2-12,16,18H2,1H3. The number of benzene rings is 1. The molecule has 1 aromatic carbocycles. The number of rotatable bonds is 14. The van der Waals surface area contributed by atoms with Crippen LogP contribution in [0.25, 0.3) is 0 Å². The molecule has 3 heteroatoms. The molecule has 0 saturated carbocycles. The molecule has 0 saturated heterocycles. The average Bonchev–Trinajstić information content (AvgIpc) is 2.58. The molecule has 0 aliphatic carbocycles. The highest BCUT2D eigenvalue weighted by molar-refractivity contribution is 9.10. The summed E-state index contributed by atoms with van der Waals surface area (Å²) in [6, 6.07) is 7.88. The first-order valence-corrected chi connectivity index (χ1v) is 10.4. The Morgan fingerprint density at radius 3 is 2.08 bits per heavy atom. The smallest absolute Gasteiger partial charge is 0.306 e. The maximum Gasteiger partial charge on any atom is 0.306 e. The van der Waals surface area contributed by atoms with Gasteiger partial charge in [-0.05, 0) is 24.1 Å². The van der Waals surface area contributed by atoms with E-state index in [4.69, 9.17) is 4.74 Å². The third-order valence-electron chi connectivity index (χ3n) is 4.27. The van der Waals surface area contributed by atoms with Crippen LogP contribution in [0.15, 0.2) is 28.7 Å². The minimum Gasteiger partial charge on any atom is -0.461 e. The Balaban J connectivity index is 1.89. The third kappa shape index (κ3) is 11.7. The molecule has 0 bridgehead atoms. The largest absolute Gasteiger partial charge is 0.461 e. The summed E-state index contributed by atoms with van der Waals surface area (Å²) >= 11 is 3.42. The summed E-state index contributed by atoms with van der Waals surface area (Å²) in [4.78, 5) is 11.7. The Morgan fingerprint density at radius 2 is 1.50 bits per heavy atom. The fourth-order valence-electron chi connectivity index (χ4n) is 2.80. The molecule has 0 aliphatic heterocycles. The van der Waals surface area contributed by atoms with E-state index in [1.54, 1.807) is 0 Å². The lowest BCUT2D eigenvalue weighted by atomic mass is 10.1. The van der Waals surface area contributed by atoms with Gasteiger partial charge in [-0.3, -0.25) is 4.79 Å². The summed E-state index contributed by atoms with van der Waals surface area (Å²) in [6.07, 6.45) is 14.8. The molecule has 0 N–H and O–H groups in total. The van der Waals surface area contributed by atoms with Gasteiger partial charge in [0.05, 0.1) is 0 Å². The van der Waals surface area contributed by atoms with Gasteiger partial charge >= 0.3 is 5.97 Å². The molecule has 0 radical (unpaired) electrons. The minimum absolute atomic E-state index is 0.0779. The SMILES string of the molecule is CCCCCCCCCCCCCC(=O)OCc1cccc(Br)c1. The number of unbranched alkanes of at least 4 members (excludes halogenated alkanes) is 10. The quantitative estimate of drug-likeness (QED) is 0.245. The number of halogens is 1. The van der Waals surface area contributed by atoms with Crippen LogP contribution in [0.3, 0.4) is 0 Å². The maximum atomic E-state index is 11.7. The van der Waals surface area contributed by atoms with E-state index >= 15 is 0 Å². The highest BCUT2D eigenvalue weighted by Gasteiger charge is 2.03. The number of carbonyl (C=O) groups is 1. The van der Waals surface area contributed by atoms with Crippen LogP contribution >= 0.6 is 15.9 Å². The van der Waals surface area contributed by atoms with Gasteiger partial charge in [-0.2, -0.15) is 0 Å². The Bertz CT molecular complexity index is 445. The number of esters is 1. The Kier molecular flexibility index (Phi) is 12.8. The molecule has 136 valence electrons. The number of hydrogen-bond donors (Lipinski definition) is 0. The highest BCUT2D eigenvalue weighted by atomic mass is 79.9. The summed E-state index contributed by atoms with van der Waals surface area (Å²) in [5.41, 5.74) is 1.02. The van der Waals surface area contributed by atoms with E-state index in [1.165, 1.54) is 57.8 Å². The number of carbonyl (C=O) groups excluding carboxylic acids is 1. The maximum absolute atomic E-state index is 11.7. The van der Waals surface area contributed by atoms with Crippen molar-refractivity contribution in [2.45, 2.75) is 90.6 Å². The van der Waals surface area contributed by atoms with E-state index in [1.807, 2.05) is 24.3 Å². The van der Waals surface area contributed by atoms with Crippen molar-refractivity contribution in [2.24, 2.45) is 0 Å². The predicted octanol–water partition coefficient (Wildman–Crippen LogP) is 7.19. The molecule has 1 aromatic rings. The fourth-order valence-corrected chi connectivity index (χ4v) is 3.24. The van der Waals surface area contributed by atoms with Gasteiger partial charge in [-0.25, -0.2) is 0 Å². The second kappa shape index (κ2) is 14.5. The van der Waals surface area contributed by atoms with Crippen molar-refractivity contribution >= 4 is 21.9 Å². The van der Waals surface area contributed by atoms with Crippen molar-refractivity contribution in [3.8, 4) is 0 Å². The van der Waals surface area contributed by atoms with Crippen LogP contribution in [0.2, 0.25) is 0 Å². The van der Waals surface area contributed by atoms with Crippen molar-refractivity contribution in [1.29, 1.82) is 0 Å². The lowest BCUT2D eigenvalue weighted by Crippen LogP contribution is -2.04. The number of ether oxygens (including phenoxy) is 1. The molecule has 0 amide bonds. The van der Waals surface area contributed by atoms with E-state index in [-0.39, 0.29) is 5.97 Å².